The zero-order chi connectivity index (χ0) is 16.9. The van der Waals surface area contributed by atoms with E-state index in [1.807, 2.05) is 0 Å². The summed E-state index contributed by atoms with van der Waals surface area (Å²) >= 11 is 0. The molecule has 1 fully saturated rings. The summed E-state index contributed by atoms with van der Waals surface area (Å²) in [7, 11) is 0. The van der Waals surface area contributed by atoms with Crippen LogP contribution in [-0.4, -0.2) is 25.0 Å². The first-order valence-corrected chi connectivity index (χ1v) is 7.86. The number of hydrogen-bond acceptors (Lipinski definition) is 3. The monoisotopic (exact) mass is 332 g/mol. The van der Waals surface area contributed by atoms with Gasteiger partial charge in [-0.3, -0.25) is 4.79 Å². The van der Waals surface area contributed by atoms with Gasteiger partial charge >= 0.3 is 0 Å². The Bertz CT molecular complexity index is 713. The molecule has 1 aliphatic heterocycles. The topological polar surface area (TPSA) is 50.4 Å². The summed E-state index contributed by atoms with van der Waals surface area (Å²) in [4.78, 5) is 12.2. The molecule has 0 unspecified atom stereocenters. The molecule has 1 aliphatic rings. The third kappa shape index (κ3) is 4.08. The Kier molecular flexibility index (Phi) is 5.05. The minimum Gasteiger partial charge on any atom is -0.457 e. The minimum atomic E-state index is -0.968. The largest absolute Gasteiger partial charge is 0.457 e. The number of benzene rings is 2. The fourth-order valence-electron chi connectivity index (χ4n) is 2.59. The molecule has 1 atom stereocenters. The molecule has 2 aromatic rings. The smallest absolute Gasteiger partial charge is 0.251 e. The van der Waals surface area contributed by atoms with Crippen LogP contribution in [0, 0.1) is 11.6 Å². The second-order valence-corrected chi connectivity index (χ2v) is 5.72. The number of halogens is 2. The van der Waals surface area contributed by atoms with E-state index in [1.165, 1.54) is 6.07 Å². The van der Waals surface area contributed by atoms with Crippen molar-refractivity contribution in [2.45, 2.75) is 18.9 Å². The molecule has 3 rings (SSSR count). The first-order valence-electron chi connectivity index (χ1n) is 7.86. The third-order valence-corrected chi connectivity index (χ3v) is 3.88. The lowest BCUT2D eigenvalue weighted by molar-refractivity contribution is 0.0930. The van der Waals surface area contributed by atoms with Crippen molar-refractivity contribution in [1.29, 1.82) is 0 Å². The van der Waals surface area contributed by atoms with E-state index < -0.39 is 11.6 Å². The Hall–Kier alpha value is -2.47. The van der Waals surface area contributed by atoms with Gasteiger partial charge < -0.3 is 15.4 Å². The summed E-state index contributed by atoms with van der Waals surface area (Å²) < 4.78 is 31.5. The molecule has 1 heterocycles. The molecule has 4 nitrogen and oxygen atoms in total. The van der Waals surface area contributed by atoms with Crippen LogP contribution < -0.4 is 15.4 Å². The lowest BCUT2D eigenvalue weighted by Crippen LogP contribution is -2.45. The van der Waals surface area contributed by atoms with Gasteiger partial charge in [0.05, 0.1) is 0 Å². The third-order valence-electron chi connectivity index (χ3n) is 3.88. The second kappa shape index (κ2) is 7.40. The molecule has 24 heavy (non-hydrogen) atoms. The number of ether oxygens (including phenoxy) is 1. The lowest BCUT2D eigenvalue weighted by Gasteiger charge is -2.23. The van der Waals surface area contributed by atoms with Crippen LogP contribution in [0.1, 0.15) is 23.2 Å². The van der Waals surface area contributed by atoms with E-state index in [1.54, 1.807) is 24.3 Å². The number of rotatable bonds is 4. The molecule has 0 aliphatic carbocycles. The number of carbonyl (C=O) groups excluding carboxylic acids is 1. The Morgan fingerprint density at radius 2 is 1.83 bits per heavy atom. The number of nitrogens with one attached hydrogen (secondary N) is 2. The van der Waals surface area contributed by atoms with Gasteiger partial charge in [-0.05, 0) is 55.8 Å². The molecule has 0 radical (unpaired) electrons. The van der Waals surface area contributed by atoms with Crippen molar-refractivity contribution in [3.63, 3.8) is 0 Å². The van der Waals surface area contributed by atoms with Crippen molar-refractivity contribution in [3.8, 4) is 11.5 Å². The predicted molar refractivity (Wildman–Crippen MR) is 86.2 cm³/mol. The highest BCUT2D eigenvalue weighted by Crippen LogP contribution is 2.23. The Morgan fingerprint density at radius 1 is 1.08 bits per heavy atom. The lowest BCUT2D eigenvalue weighted by atomic mass is 10.1. The van der Waals surface area contributed by atoms with Crippen molar-refractivity contribution in [2.75, 3.05) is 13.1 Å². The van der Waals surface area contributed by atoms with Gasteiger partial charge in [-0.2, -0.15) is 0 Å². The summed E-state index contributed by atoms with van der Waals surface area (Å²) in [5.41, 5.74) is 0.526. The molecule has 126 valence electrons. The number of carbonyl (C=O) groups is 1. The van der Waals surface area contributed by atoms with E-state index in [-0.39, 0.29) is 17.7 Å². The first kappa shape index (κ1) is 16.4. The predicted octanol–water partition coefficient (Wildman–Crippen LogP) is 3.24. The van der Waals surface area contributed by atoms with Crippen molar-refractivity contribution in [3.05, 3.63) is 59.7 Å². The van der Waals surface area contributed by atoms with Crippen LogP contribution in [0.5, 0.6) is 11.5 Å². The SMILES string of the molecule is O=C(N[C@H]1CCCNC1)c1ccc(Oc2ccc(F)c(F)c2)cc1. The van der Waals surface area contributed by atoms with E-state index >= 15 is 0 Å². The summed E-state index contributed by atoms with van der Waals surface area (Å²) in [6.45, 7) is 1.77. The normalized spacial score (nSPS) is 17.3. The Labute approximate surface area is 138 Å². The average molecular weight is 332 g/mol. The van der Waals surface area contributed by atoms with Gasteiger partial charge in [-0.1, -0.05) is 0 Å². The maximum absolute atomic E-state index is 13.2. The molecule has 6 heteroatoms. The minimum absolute atomic E-state index is 0.136. The van der Waals surface area contributed by atoms with E-state index in [4.69, 9.17) is 4.74 Å². The van der Waals surface area contributed by atoms with Crippen LogP contribution >= 0.6 is 0 Å². The quantitative estimate of drug-likeness (QED) is 0.904. The standard InChI is InChI=1S/C18H18F2N2O2/c19-16-8-7-15(10-17(16)20)24-14-5-3-12(4-6-14)18(23)22-13-2-1-9-21-11-13/h3-8,10,13,21H,1-2,9,11H2,(H,22,23)/t13-/m0/s1. The Balaban J connectivity index is 1.61. The van der Waals surface area contributed by atoms with E-state index in [9.17, 15) is 13.6 Å². The summed E-state index contributed by atoms with van der Waals surface area (Å²) in [5, 5.41) is 6.23. The maximum atomic E-state index is 13.2. The van der Waals surface area contributed by atoms with E-state index in [2.05, 4.69) is 10.6 Å². The van der Waals surface area contributed by atoms with E-state index in [0.717, 1.165) is 38.1 Å². The summed E-state index contributed by atoms with van der Waals surface area (Å²) in [6, 6.07) is 9.99. The molecule has 0 spiro atoms. The van der Waals surface area contributed by atoms with Gasteiger partial charge in [0, 0.05) is 24.2 Å². The van der Waals surface area contributed by atoms with Crippen molar-refractivity contribution < 1.29 is 18.3 Å². The van der Waals surface area contributed by atoms with Crippen molar-refractivity contribution in [1.82, 2.24) is 10.6 Å². The van der Waals surface area contributed by atoms with Gasteiger partial charge in [-0.25, -0.2) is 8.78 Å². The highest BCUT2D eigenvalue weighted by atomic mass is 19.2. The molecular formula is C18H18F2N2O2. The molecule has 0 saturated carbocycles. The zero-order valence-electron chi connectivity index (χ0n) is 13.0. The van der Waals surface area contributed by atoms with E-state index in [0.29, 0.717) is 11.3 Å². The van der Waals surface area contributed by atoms with Crippen LogP contribution in [0.4, 0.5) is 8.78 Å². The number of hydrogen-bond donors (Lipinski definition) is 2. The van der Waals surface area contributed by atoms with Gasteiger partial charge in [-0.15, -0.1) is 0 Å². The van der Waals surface area contributed by atoms with Gasteiger partial charge in [0.15, 0.2) is 11.6 Å². The highest BCUT2D eigenvalue weighted by molar-refractivity contribution is 5.94. The van der Waals surface area contributed by atoms with Crippen LogP contribution in [0.3, 0.4) is 0 Å². The van der Waals surface area contributed by atoms with Gasteiger partial charge in [0.2, 0.25) is 0 Å². The van der Waals surface area contributed by atoms with Crippen LogP contribution in [-0.2, 0) is 0 Å². The summed E-state index contributed by atoms with van der Waals surface area (Å²) in [5.74, 6) is -1.39. The van der Waals surface area contributed by atoms with Gasteiger partial charge in [0.1, 0.15) is 11.5 Å². The van der Waals surface area contributed by atoms with Crippen molar-refractivity contribution in [2.24, 2.45) is 0 Å². The fourth-order valence-corrected chi connectivity index (χ4v) is 2.59. The molecule has 0 aromatic heterocycles. The van der Waals surface area contributed by atoms with Crippen molar-refractivity contribution >= 4 is 5.91 Å². The Morgan fingerprint density at radius 3 is 2.50 bits per heavy atom. The first-order chi connectivity index (χ1) is 11.6. The zero-order valence-corrected chi connectivity index (χ0v) is 13.0. The maximum Gasteiger partial charge on any atom is 0.251 e. The molecule has 2 N–H and O–H groups in total. The molecule has 1 amide bonds. The molecule has 2 aromatic carbocycles. The van der Waals surface area contributed by atoms with Crippen LogP contribution in [0.15, 0.2) is 42.5 Å². The fraction of sp³-hybridized carbons (Fsp3) is 0.278. The highest BCUT2D eigenvalue weighted by Gasteiger charge is 2.16. The molecule has 1 saturated heterocycles. The number of piperidine rings is 1. The molecule has 0 bridgehead atoms. The summed E-state index contributed by atoms with van der Waals surface area (Å²) in [6.07, 6.45) is 2.02. The van der Waals surface area contributed by atoms with Gasteiger partial charge in [0.25, 0.3) is 5.91 Å². The second-order valence-electron chi connectivity index (χ2n) is 5.72. The number of amides is 1. The van der Waals surface area contributed by atoms with Crippen LogP contribution in [0.25, 0.3) is 0 Å². The molecular weight excluding hydrogens is 314 g/mol. The van der Waals surface area contributed by atoms with Crippen LogP contribution in [0.2, 0.25) is 0 Å². The average Bonchev–Trinajstić information content (AvgIpc) is 2.60.